The van der Waals surface area contributed by atoms with Crippen LogP contribution in [0.25, 0.3) is 0 Å². The minimum absolute atomic E-state index is 0.267. The molecule has 1 aromatic carbocycles. The molecule has 2 heterocycles. The van der Waals surface area contributed by atoms with Gasteiger partial charge in [0.1, 0.15) is 11.5 Å². The molecule has 1 aliphatic heterocycles. The Morgan fingerprint density at radius 2 is 1.96 bits per heavy atom. The number of carbonyl (C=O) groups excluding carboxylic acids is 2. The van der Waals surface area contributed by atoms with Crippen LogP contribution in [0.2, 0.25) is 0 Å². The summed E-state index contributed by atoms with van der Waals surface area (Å²) in [5.41, 5.74) is 1.81. The minimum atomic E-state index is -0.283. The molecule has 1 aliphatic rings. The maximum absolute atomic E-state index is 13.6. The monoisotopic (exact) mass is 356 g/mol. The van der Waals surface area contributed by atoms with E-state index >= 15 is 0 Å². The van der Waals surface area contributed by atoms with E-state index < -0.39 is 0 Å². The second kappa shape index (κ2) is 8.42. The summed E-state index contributed by atoms with van der Waals surface area (Å²) in [5, 5.41) is 2.78. The van der Waals surface area contributed by atoms with Crippen LogP contribution in [0.4, 0.5) is 10.1 Å². The van der Waals surface area contributed by atoms with Crippen molar-refractivity contribution >= 4 is 18.0 Å². The number of aromatic nitrogens is 1. The van der Waals surface area contributed by atoms with Gasteiger partial charge in [-0.2, -0.15) is 0 Å². The molecule has 0 saturated carbocycles. The third kappa shape index (κ3) is 4.36. The normalized spacial score (nSPS) is 14.2. The van der Waals surface area contributed by atoms with Crippen molar-refractivity contribution in [3.05, 3.63) is 59.7 Å². The molecule has 3 rings (SSSR count). The van der Waals surface area contributed by atoms with Gasteiger partial charge in [0.2, 0.25) is 6.41 Å². The summed E-state index contributed by atoms with van der Waals surface area (Å²) in [6, 6.07) is 10.1. The molecular formula is C19H21FN4O2. The Bertz CT molecular complexity index is 776. The van der Waals surface area contributed by atoms with Gasteiger partial charge >= 0.3 is 0 Å². The molecule has 1 N–H and O–H groups in total. The average Bonchev–Trinajstić information content (AvgIpc) is 2.69. The van der Waals surface area contributed by atoms with E-state index in [4.69, 9.17) is 0 Å². The fraction of sp³-hybridized carbons (Fsp3) is 0.316. The van der Waals surface area contributed by atoms with Gasteiger partial charge < -0.3 is 15.1 Å². The van der Waals surface area contributed by atoms with E-state index in [-0.39, 0.29) is 11.7 Å². The number of rotatable bonds is 6. The molecule has 0 unspecified atom stereocenters. The van der Waals surface area contributed by atoms with Gasteiger partial charge in [0.25, 0.3) is 5.91 Å². The molecule has 0 radical (unpaired) electrons. The van der Waals surface area contributed by atoms with Crippen molar-refractivity contribution < 1.29 is 14.0 Å². The lowest BCUT2D eigenvalue weighted by molar-refractivity contribution is -0.118. The van der Waals surface area contributed by atoms with E-state index in [0.717, 1.165) is 25.2 Å². The van der Waals surface area contributed by atoms with Crippen LogP contribution >= 0.6 is 0 Å². The second-order valence-electron chi connectivity index (χ2n) is 6.13. The molecule has 26 heavy (non-hydrogen) atoms. The number of hydrogen-bond acceptors (Lipinski definition) is 4. The first-order valence-corrected chi connectivity index (χ1v) is 8.59. The number of benzene rings is 1. The Morgan fingerprint density at radius 1 is 1.19 bits per heavy atom. The number of amides is 2. The lowest BCUT2D eigenvalue weighted by atomic mass is 10.1. The van der Waals surface area contributed by atoms with Gasteiger partial charge in [-0.15, -0.1) is 0 Å². The van der Waals surface area contributed by atoms with Crippen molar-refractivity contribution in [2.24, 2.45) is 0 Å². The topological polar surface area (TPSA) is 65.5 Å². The predicted octanol–water partition coefficient (Wildman–Crippen LogP) is 1.47. The number of nitrogens with zero attached hydrogens (tertiary/aromatic N) is 3. The summed E-state index contributed by atoms with van der Waals surface area (Å²) in [6.07, 6.45) is 2.89. The van der Waals surface area contributed by atoms with Crippen molar-refractivity contribution in [2.75, 3.05) is 37.6 Å². The molecule has 0 spiro atoms. The van der Waals surface area contributed by atoms with Gasteiger partial charge in [0.15, 0.2) is 0 Å². The fourth-order valence-corrected chi connectivity index (χ4v) is 2.93. The van der Waals surface area contributed by atoms with Gasteiger partial charge in [0.05, 0.1) is 0 Å². The van der Waals surface area contributed by atoms with Crippen LogP contribution in [0.5, 0.6) is 0 Å². The van der Waals surface area contributed by atoms with Crippen molar-refractivity contribution in [1.82, 2.24) is 15.2 Å². The zero-order valence-corrected chi connectivity index (χ0v) is 14.4. The summed E-state index contributed by atoms with van der Waals surface area (Å²) < 4.78 is 13.6. The summed E-state index contributed by atoms with van der Waals surface area (Å²) >= 11 is 0. The van der Waals surface area contributed by atoms with E-state index in [1.807, 2.05) is 6.07 Å². The number of anilines is 1. The zero-order chi connectivity index (χ0) is 18.4. The number of hydrogen-bond donors (Lipinski definition) is 1. The molecule has 2 amide bonds. The average molecular weight is 356 g/mol. The van der Waals surface area contributed by atoms with Crippen LogP contribution in [0.3, 0.4) is 0 Å². The molecule has 6 nitrogen and oxygen atoms in total. The highest BCUT2D eigenvalue weighted by molar-refractivity contribution is 5.93. The SMILES string of the molecule is O=CN1CCN(c2ccnc(C(=O)NCCc3ccccc3F)c2)CC1. The van der Waals surface area contributed by atoms with Crippen LogP contribution in [-0.4, -0.2) is 54.9 Å². The quantitative estimate of drug-likeness (QED) is 0.796. The van der Waals surface area contributed by atoms with Crippen LogP contribution in [0.15, 0.2) is 42.6 Å². The third-order valence-electron chi connectivity index (χ3n) is 4.44. The van der Waals surface area contributed by atoms with Crippen LogP contribution in [0.1, 0.15) is 16.1 Å². The standard InChI is InChI=1S/C19H21FN4O2/c20-17-4-2-1-3-15(17)5-7-22-19(26)18-13-16(6-8-21-18)24-11-9-23(14-25)10-12-24/h1-4,6,8,13-14H,5,7,9-12H2,(H,22,26). The molecule has 0 atom stereocenters. The molecular weight excluding hydrogens is 335 g/mol. The first-order valence-electron chi connectivity index (χ1n) is 8.59. The Hall–Kier alpha value is -2.96. The van der Waals surface area contributed by atoms with Crippen molar-refractivity contribution in [1.29, 1.82) is 0 Å². The predicted molar refractivity (Wildman–Crippen MR) is 96.5 cm³/mol. The first-order chi connectivity index (χ1) is 12.7. The van der Waals surface area contributed by atoms with Gasteiger partial charge in [-0.25, -0.2) is 4.39 Å². The lowest BCUT2D eigenvalue weighted by Crippen LogP contribution is -2.45. The Morgan fingerprint density at radius 3 is 2.69 bits per heavy atom. The molecule has 136 valence electrons. The Kier molecular flexibility index (Phi) is 5.78. The van der Waals surface area contributed by atoms with E-state index in [2.05, 4.69) is 15.2 Å². The fourth-order valence-electron chi connectivity index (χ4n) is 2.93. The van der Waals surface area contributed by atoms with Crippen molar-refractivity contribution in [2.45, 2.75) is 6.42 Å². The lowest BCUT2D eigenvalue weighted by Gasteiger charge is -2.34. The van der Waals surface area contributed by atoms with Crippen molar-refractivity contribution in [3.63, 3.8) is 0 Å². The number of halogens is 1. The summed E-state index contributed by atoms with van der Waals surface area (Å²) in [5.74, 6) is -0.550. The number of carbonyl (C=O) groups is 2. The van der Waals surface area contributed by atoms with E-state index in [0.29, 0.717) is 37.3 Å². The first kappa shape index (κ1) is 17.8. The number of piperazine rings is 1. The molecule has 2 aromatic rings. The Labute approximate surface area is 151 Å². The van der Waals surface area contributed by atoms with Gasteiger partial charge in [0, 0.05) is 44.6 Å². The smallest absolute Gasteiger partial charge is 0.269 e. The second-order valence-corrected chi connectivity index (χ2v) is 6.13. The largest absolute Gasteiger partial charge is 0.368 e. The number of nitrogens with one attached hydrogen (secondary N) is 1. The van der Waals surface area contributed by atoms with Crippen LogP contribution in [-0.2, 0) is 11.2 Å². The maximum atomic E-state index is 13.6. The minimum Gasteiger partial charge on any atom is -0.368 e. The number of pyridine rings is 1. The van der Waals surface area contributed by atoms with Crippen molar-refractivity contribution in [3.8, 4) is 0 Å². The molecule has 1 saturated heterocycles. The van der Waals surface area contributed by atoms with Crippen LogP contribution < -0.4 is 10.2 Å². The van der Waals surface area contributed by atoms with Gasteiger partial charge in [-0.1, -0.05) is 18.2 Å². The van der Waals surface area contributed by atoms with Gasteiger partial charge in [-0.05, 0) is 30.2 Å². The molecule has 1 aromatic heterocycles. The van der Waals surface area contributed by atoms with E-state index in [1.165, 1.54) is 6.07 Å². The molecule has 1 fully saturated rings. The van der Waals surface area contributed by atoms with Gasteiger partial charge in [-0.3, -0.25) is 14.6 Å². The van der Waals surface area contributed by atoms with Crippen LogP contribution in [0, 0.1) is 5.82 Å². The molecule has 0 bridgehead atoms. The zero-order valence-electron chi connectivity index (χ0n) is 14.4. The Balaban J connectivity index is 1.56. The van der Waals surface area contributed by atoms with E-state index in [1.54, 1.807) is 35.4 Å². The summed E-state index contributed by atoms with van der Waals surface area (Å²) in [4.78, 5) is 31.1. The third-order valence-corrected chi connectivity index (χ3v) is 4.44. The highest BCUT2D eigenvalue weighted by Crippen LogP contribution is 2.16. The highest BCUT2D eigenvalue weighted by atomic mass is 19.1. The maximum Gasteiger partial charge on any atom is 0.269 e. The summed E-state index contributed by atoms with van der Waals surface area (Å²) in [7, 11) is 0. The molecule has 0 aliphatic carbocycles. The highest BCUT2D eigenvalue weighted by Gasteiger charge is 2.17. The van der Waals surface area contributed by atoms with E-state index in [9.17, 15) is 14.0 Å². The summed E-state index contributed by atoms with van der Waals surface area (Å²) in [6.45, 7) is 3.10. The molecule has 7 heteroatoms.